The van der Waals surface area contributed by atoms with Crippen LogP contribution in [0, 0.1) is 17.8 Å². The first kappa shape index (κ1) is 28.6. The normalized spacial score (nSPS) is 36.7. The van der Waals surface area contributed by atoms with Gasteiger partial charge in [-0.3, -0.25) is 0 Å². The Morgan fingerprint density at radius 2 is 2.10 bits per heavy atom. The number of ether oxygens (including phenoxy) is 4. The fourth-order valence-corrected chi connectivity index (χ4v) is 7.06. The molecule has 5 rings (SSSR count). The quantitative estimate of drug-likeness (QED) is 0.346. The largest absolute Gasteiger partial charge is 0.443 e. The molecule has 8 atom stereocenters. The molecule has 1 aromatic rings. The van der Waals surface area contributed by atoms with Gasteiger partial charge in [-0.1, -0.05) is 25.5 Å². The highest BCUT2D eigenvalue weighted by Crippen LogP contribution is 2.59. The molecule has 218 valence electrons. The number of alkyl carbamates (subject to hydrolysis) is 1. The number of hydrogen-bond donors (Lipinski definition) is 1. The Bertz CT molecular complexity index is 1050. The van der Waals surface area contributed by atoms with E-state index in [0.717, 1.165) is 38.2 Å². The van der Waals surface area contributed by atoms with E-state index in [0.29, 0.717) is 18.9 Å². The molecule has 1 saturated carbocycles. The molecular formula is C30H48N4O5. The summed E-state index contributed by atoms with van der Waals surface area (Å²) in [6.45, 7) is 14.5. The van der Waals surface area contributed by atoms with E-state index < -0.39 is 6.09 Å². The molecule has 3 saturated heterocycles. The fourth-order valence-electron chi connectivity index (χ4n) is 7.06. The molecule has 4 aliphatic rings. The van der Waals surface area contributed by atoms with Crippen molar-refractivity contribution in [2.75, 3.05) is 33.9 Å². The minimum atomic E-state index is -0.429. The minimum absolute atomic E-state index is 0.00309. The van der Waals surface area contributed by atoms with E-state index in [1.165, 1.54) is 12.0 Å². The molecule has 0 aromatic carbocycles. The monoisotopic (exact) mass is 544 g/mol. The third kappa shape index (κ3) is 6.06. The van der Waals surface area contributed by atoms with Crippen LogP contribution in [0.2, 0.25) is 0 Å². The number of amides is 1. The minimum Gasteiger partial charge on any atom is -0.443 e. The van der Waals surface area contributed by atoms with E-state index in [9.17, 15) is 4.79 Å². The van der Waals surface area contributed by atoms with E-state index in [4.69, 9.17) is 18.9 Å². The number of epoxide rings is 2. The Hall–Kier alpha value is -1.94. The van der Waals surface area contributed by atoms with Crippen molar-refractivity contribution in [1.29, 1.82) is 0 Å². The number of nitrogens with zero attached hydrogens (tertiary/aromatic N) is 3. The molecule has 1 aliphatic carbocycles. The van der Waals surface area contributed by atoms with Crippen LogP contribution in [0.4, 0.5) is 4.79 Å². The first-order valence-electron chi connectivity index (χ1n) is 14.7. The molecular weight excluding hydrogens is 496 g/mol. The van der Waals surface area contributed by atoms with Crippen molar-refractivity contribution in [3.63, 3.8) is 0 Å². The van der Waals surface area contributed by atoms with Crippen LogP contribution in [-0.4, -0.2) is 83.9 Å². The van der Waals surface area contributed by atoms with Crippen LogP contribution in [0.3, 0.4) is 0 Å². The predicted molar refractivity (Wildman–Crippen MR) is 148 cm³/mol. The highest BCUT2D eigenvalue weighted by molar-refractivity contribution is 5.68. The van der Waals surface area contributed by atoms with Gasteiger partial charge in [-0.2, -0.15) is 0 Å². The Labute approximate surface area is 233 Å². The summed E-state index contributed by atoms with van der Waals surface area (Å²) < 4.78 is 26.6. The molecule has 9 heteroatoms. The molecule has 1 N–H and O–H groups in total. The zero-order valence-electron chi connectivity index (χ0n) is 24.8. The lowest BCUT2D eigenvalue weighted by molar-refractivity contribution is -0.118. The van der Waals surface area contributed by atoms with Gasteiger partial charge in [-0.05, 0) is 71.9 Å². The topological polar surface area (TPSA) is 93.7 Å². The van der Waals surface area contributed by atoms with Gasteiger partial charge >= 0.3 is 6.09 Å². The van der Waals surface area contributed by atoms with E-state index in [-0.39, 0.29) is 47.4 Å². The van der Waals surface area contributed by atoms with Crippen LogP contribution >= 0.6 is 0 Å². The van der Waals surface area contributed by atoms with Crippen LogP contribution < -0.4 is 5.32 Å². The second kappa shape index (κ2) is 11.1. The number of carbonyl (C=O) groups excluding carboxylic acids is 1. The summed E-state index contributed by atoms with van der Waals surface area (Å²) in [7, 11) is 3.88. The number of hydrogen-bond acceptors (Lipinski definition) is 7. The summed E-state index contributed by atoms with van der Waals surface area (Å²) >= 11 is 0. The molecule has 0 bridgehead atoms. The standard InChI is InChI=1S/C30H48N4O5/c1-19(2)8-9-24-29(5,39-24)27-26(36-7)23(10-12-30(27)17-37-30)38-28(35)32-25(20(3)4)22-16-34(18-31-22)15-21-11-13-33(6)14-21/h8,16,18,20-21,23-27H,9-15,17H2,1-7H3,(H,32,35)/t21-,23+,24+,25-,26+,27?,29-,30-/m0/s1. The second-order valence-corrected chi connectivity index (χ2v) is 13.1. The molecule has 1 aromatic heterocycles. The summed E-state index contributed by atoms with van der Waals surface area (Å²) in [5.41, 5.74) is 1.55. The number of imidazole rings is 1. The number of rotatable bonds is 10. The molecule has 39 heavy (non-hydrogen) atoms. The lowest BCUT2D eigenvalue weighted by atomic mass is 9.68. The van der Waals surface area contributed by atoms with Gasteiger partial charge in [0.15, 0.2) is 0 Å². The van der Waals surface area contributed by atoms with E-state index in [1.54, 1.807) is 7.11 Å². The summed E-state index contributed by atoms with van der Waals surface area (Å²) in [6, 6.07) is -0.235. The SMILES string of the molecule is CO[C@H]1C([C@@]2(C)O[C@@H]2CC=C(C)C)[C@]2(CC[C@H]1OC(=O)N[C@H](c1cn(C[C@H]3CCN(C)C3)cn1)C(C)C)CO2. The van der Waals surface area contributed by atoms with E-state index in [1.807, 2.05) is 6.33 Å². The van der Waals surface area contributed by atoms with Gasteiger partial charge in [0.1, 0.15) is 23.4 Å². The summed E-state index contributed by atoms with van der Waals surface area (Å²) in [4.78, 5) is 20.3. The Kier molecular flexibility index (Phi) is 8.17. The van der Waals surface area contributed by atoms with E-state index in [2.05, 4.69) is 73.7 Å². The summed E-state index contributed by atoms with van der Waals surface area (Å²) in [6.07, 6.45) is 8.82. The van der Waals surface area contributed by atoms with Crippen molar-refractivity contribution in [1.82, 2.24) is 19.8 Å². The third-order valence-corrected chi connectivity index (χ3v) is 9.37. The predicted octanol–water partition coefficient (Wildman–Crippen LogP) is 4.33. The molecule has 1 amide bonds. The number of carbonyl (C=O) groups is 1. The molecule has 1 unspecified atom stereocenters. The van der Waals surface area contributed by atoms with Crippen molar-refractivity contribution in [3.8, 4) is 0 Å². The molecule has 4 heterocycles. The zero-order chi connectivity index (χ0) is 27.9. The summed E-state index contributed by atoms with van der Waals surface area (Å²) in [5.74, 6) is 0.798. The number of methoxy groups -OCH3 is 1. The lowest BCUT2D eigenvalue weighted by Crippen LogP contribution is -2.56. The van der Waals surface area contributed by atoms with Crippen LogP contribution in [0.15, 0.2) is 24.2 Å². The molecule has 4 fully saturated rings. The summed E-state index contributed by atoms with van der Waals surface area (Å²) in [5, 5.41) is 3.11. The Balaban J connectivity index is 1.23. The number of allylic oxidation sites excluding steroid dienone is 1. The molecule has 3 aliphatic heterocycles. The number of likely N-dealkylation sites (tertiary alicyclic amines) is 1. The Morgan fingerprint density at radius 1 is 1.33 bits per heavy atom. The van der Waals surface area contributed by atoms with Gasteiger partial charge in [0.25, 0.3) is 0 Å². The Morgan fingerprint density at radius 3 is 2.72 bits per heavy atom. The average molecular weight is 545 g/mol. The highest BCUT2D eigenvalue weighted by atomic mass is 16.6. The van der Waals surface area contributed by atoms with E-state index >= 15 is 0 Å². The highest BCUT2D eigenvalue weighted by Gasteiger charge is 2.72. The van der Waals surface area contributed by atoms with Crippen molar-refractivity contribution < 1.29 is 23.7 Å². The second-order valence-electron chi connectivity index (χ2n) is 13.1. The van der Waals surface area contributed by atoms with Crippen LogP contribution in [0.1, 0.15) is 72.0 Å². The van der Waals surface area contributed by atoms with Gasteiger partial charge in [-0.25, -0.2) is 9.78 Å². The number of aromatic nitrogens is 2. The maximum atomic E-state index is 13.3. The van der Waals surface area contributed by atoms with Crippen molar-refractivity contribution >= 4 is 6.09 Å². The maximum Gasteiger partial charge on any atom is 0.408 e. The van der Waals surface area contributed by atoms with Crippen molar-refractivity contribution in [3.05, 3.63) is 29.9 Å². The van der Waals surface area contributed by atoms with Crippen molar-refractivity contribution in [2.24, 2.45) is 17.8 Å². The maximum absolute atomic E-state index is 13.3. The van der Waals surface area contributed by atoms with Crippen molar-refractivity contribution in [2.45, 2.75) is 102 Å². The first-order chi connectivity index (χ1) is 18.5. The smallest absolute Gasteiger partial charge is 0.408 e. The van der Waals surface area contributed by atoms with Gasteiger partial charge in [0.05, 0.1) is 36.7 Å². The molecule has 0 radical (unpaired) electrons. The molecule has 1 spiro atoms. The van der Waals surface area contributed by atoms with Gasteiger partial charge in [0, 0.05) is 26.4 Å². The van der Waals surface area contributed by atoms with Crippen LogP contribution in [0.5, 0.6) is 0 Å². The molecule has 9 nitrogen and oxygen atoms in total. The average Bonchev–Trinajstić information content (AvgIpc) is 3.66. The third-order valence-electron chi connectivity index (χ3n) is 9.37. The number of nitrogens with one attached hydrogen (secondary N) is 1. The van der Waals surface area contributed by atoms with Crippen LogP contribution in [-0.2, 0) is 25.5 Å². The first-order valence-corrected chi connectivity index (χ1v) is 14.7. The van der Waals surface area contributed by atoms with Gasteiger partial charge in [0.2, 0.25) is 0 Å². The fraction of sp³-hybridized carbons (Fsp3) is 0.800. The van der Waals surface area contributed by atoms with Crippen LogP contribution in [0.25, 0.3) is 0 Å². The lowest BCUT2D eigenvalue weighted by Gasteiger charge is -2.42. The van der Waals surface area contributed by atoms with Gasteiger partial charge < -0.3 is 33.7 Å². The van der Waals surface area contributed by atoms with Gasteiger partial charge in [-0.15, -0.1) is 0 Å². The zero-order valence-corrected chi connectivity index (χ0v) is 24.8.